The Morgan fingerprint density at radius 1 is 1.06 bits per heavy atom. The predicted molar refractivity (Wildman–Crippen MR) is 64.5 cm³/mol. The predicted octanol–water partition coefficient (Wildman–Crippen LogP) is 1.24. The van der Waals surface area contributed by atoms with E-state index in [1.165, 1.54) is 51.7 Å². The SMILES string of the molecule is C1CC(N2CCC(CNC3CC3)C2)CCO1. The van der Waals surface area contributed by atoms with Gasteiger partial charge in [0, 0.05) is 31.8 Å². The van der Waals surface area contributed by atoms with E-state index in [4.69, 9.17) is 4.74 Å². The van der Waals surface area contributed by atoms with Crippen molar-refractivity contribution < 1.29 is 4.74 Å². The third-order valence-electron chi connectivity index (χ3n) is 4.30. The normalized spacial score (nSPS) is 33.4. The first kappa shape index (κ1) is 11.0. The molecular formula is C13H24N2O. The lowest BCUT2D eigenvalue weighted by Gasteiger charge is -2.31. The summed E-state index contributed by atoms with van der Waals surface area (Å²) in [5.74, 6) is 0.906. The minimum Gasteiger partial charge on any atom is -0.381 e. The molecule has 2 aliphatic heterocycles. The monoisotopic (exact) mass is 224 g/mol. The summed E-state index contributed by atoms with van der Waals surface area (Å²) in [4.78, 5) is 2.71. The van der Waals surface area contributed by atoms with E-state index in [0.717, 1.165) is 31.2 Å². The highest BCUT2D eigenvalue weighted by Gasteiger charge is 2.30. The van der Waals surface area contributed by atoms with Gasteiger partial charge in [-0.1, -0.05) is 0 Å². The average Bonchev–Trinajstić information content (AvgIpc) is 3.05. The molecule has 3 aliphatic rings. The Bertz CT molecular complexity index is 224. The van der Waals surface area contributed by atoms with E-state index < -0.39 is 0 Å². The van der Waals surface area contributed by atoms with Gasteiger partial charge in [0.2, 0.25) is 0 Å². The molecule has 16 heavy (non-hydrogen) atoms. The minimum atomic E-state index is 0.819. The zero-order chi connectivity index (χ0) is 10.8. The fourth-order valence-electron chi connectivity index (χ4n) is 3.03. The van der Waals surface area contributed by atoms with Gasteiger partial charge in [0.1, 0.15) is 0 Å². The molecule has 0 aromatic rings. The third kappa shape index (κ3) is 2.76. The maximum Gasteiger partial charge on any atom is 0.0480 e. The maximum absolute atomic E-state index is 5.43. The summed E-state index contributed by atoms with van der Waals surface area (Å²) in [7, 11) is 0. The van der Waals surface area contributed by atoms with Crippen molar-refractivity contribution in [3.63, 3.8) is 0 Å². The summed E-state index contributed by atoms with van der Waals surface area (Å²) in [5, 5.41) is 3.67. The van der Waals surface area contributed by atoms with E-state index in [1.807, 2.05) is 0 Å². The van der Waals surface area contributed by atoms with Crippen molar-refractivity contribution in [2.45, 2.75) is 44.2 Å². The van der Waals surface area contributed by atoms with Crippen LogP contribution < -0.4 is 5.32 Å². The lowest BCUT2D eigenvalue weighted by atomic mass is 10.1. The van der Waals surface area contributed by atoms with E-state index >= 15 is 0 Å². The summed E-state index contributed by atoms with van der Waals surface area (Å²) in [6.45, 7) is 5.86. The summed E-state index contributed by atoms with van der Waals surface area (Å²) in [5.41, 5.74) is 0. The Kier molecular flexibility index (Phi) is 3.46. The van der Waals surface area contributed by atoms with Crippen molar-refractivity contribution in [3.8, 4) is 0 Å². The number of ether oxygens (including phenoxy) is 1. The molecule has 0 bridgehead atoms. The van der Waals surface area contributed by atoms with E-state index in [9.17, 15) is 0 Å². The largest absolute Gasteiger partial charge is 0.381 e. The summed E-state index contributed by atoms with van der Waals surface area (Å²) < 4.78 is 5.43. The zero-order valence-electron chi connectivity index (χ0n) is 10.2. The van der Waals surface area contributed by atoms with E-state index in [1.54, 1.807) is 0 Å². The molecule has 3 fully saturated rings. The Balaban J connectivity index is 1.40. The summed E-state index contributed by atoms with van der Waals surface area (Å²) >= 11 is 0. The molecule has 0 aromatic carbocycles. The average molecular weight is 224 g/mol. The summed E-state index contributed by atoms with van der Waals surface area (Å²) in [6.07, 6.45) is 6.73. The molecule has 1 N–H and O–H groups in total. The van der Waals surface area contributed by atoms with Crippen LogP contribution in [-0.2, 0) is 4.74 Å². The Morgan fingerprint density at radius 2 is 1.88 bits per heavy atom. The topological polar surface area (TPSA) is 24.5 Å². The van der Waals surface area contributed by atoms with Crippen LogP contribution in [0.1, 0.15) is 32.1 Å². The molecule has 0 aromatic heterocycles. The first-order valence-corrected chi connectivity index (χ1v) is 6.97. The molecule has 1 aliphatic carbocycles. The minimum absolute atomic E-state index is 0.819. The zero-order valence-corrected chi connectivity index (χ0v) is 10.2. The number of nitrogens with one attached hydrogen (secondary N) is 1. The second-order valence-electron chi connectivity index (χ2n) is 5.68. The smallest absolute Gasteiger partial charge is 0.0480 e. The van der Waals surface area contributed by atoms with Crippen molar-refractivity contribution >= 4 is 0 Å². The second kappa shape index (κ2) is 5.03. The van der Waals surface area contributed by atoms with Gasteiger partial charge in [0.05, 0.1) is 0 Å². The van der Waals surface area contributed by atoms with Crippen molar-refractivity contribution in [2.75, 3.05) is 32.8 Å². The quantitative estimate of drug-likeness (QED) is 0.777. The Morgan fingerprint density at radius 3 is 2.62 bits per heavy atom. The van der Waals surface area contributed by atoms with Crippen LogP contribution in [-0.4, -0.2) is 49.8 Å². The molecule has 3 rings (SSSR count). The Hall–Kier alpha value is -0.120. The van der Waals surface area contributed by atoms with Gasteiger partial charge < -0.3 is 10.1 Å². The molecular weight excluding hydrogens is 200 g/mol. The van der Waals surface area contributed by atoms with Crippen LogP contribution in [0.25, 0.3) is 0 Å². The van der Waals surface area contributed by atoms with Gasteiger partial charge in [-0.2, -0.15) is 0 Å². The summed E-state index contributed by atoms with van der Waals surface area (Å²) in [6, 6.07) is 1.69. The fourth-order valence-corrected chi connectivity index (χ4v) is 3.03. The van der Waals surface area contributed by atoms with E-state index in [2.05, 4.69) is 10.2 Å². The van der Waals surface area contributed by atoms with E-state index in [0.29, 0.717) is 0 Å². The molecule has 3 nitrogen and oxygen atoms in total. The van der Waals surface area contributed by atoms with Gasteiger partial charge in [0.25, 0.3) is 0 Å². The molecule has 0 radical (unpaired) electrons. The van der Waals surface area contributed by atoms with Gasteiger partial charge in [0.15, 0.2) is 0 Å². The van der Waals surface area contributed by atoms with Gasteiger partial charge in [-0.25, -0.2) is 0 Å². The number of hydrogen-bond donors (Lipinski definition) is 1. The highest BCUT2D eigenvalue weighted by molar-refractivity contribution is 4.87. The highest BCUT2D eigenvalue weighted by atomic mass is 16.5. The van der Waals surface area contributed by atoms with Crippen LogP contribution in [0.5, 0.6) is 0 Å². The maximum atomic E-state index is 5.43. The first-order chi connectivity index (χ1) is 7.92. The highest BCUT2D eigenvalue weighted by Crippen LogP contribution is 2.24. The molecule has 2 saturated heterocycles. The molecule has 1 unspecified atom stereocenters. The number of rotatable bonds is 4. The lowest BCUT2D eigenvalue weighted by Crippen LogP contribution is -2.38. The molecule has 3 heteroatoms. The van der Waals surface area contributed by atoms with Crippen LogP contribution in [0.15, 0.2) is 0 Å². The Labute approximate surface area is 98.5 Å². The van der Waals surface area contributed by atoms with Crippen LogP contribution in [0.2, 0.25) is 0 Å². The molecule has 1 atom stereocenters. The van der Waals surface area contributed by atoms with Crippen LogP contribution in [0, 0.1) is 5.92 Å². The molecule has 1 saturated carbocycles. The van der Waals surface area contributed by atoms with Crippen molar-refractivity contribution in [2.24, 2.45) is 5.92 Å². The van der Waals surface area contributed by atoms with Crippen LogP contribution in [0.3, 0.4) is 0 Å². The van der Waals surface area contributed by atoms with Crippen LogP contribution in [0.4, 0.5) is 0 Å². The standard InChI is InChI=1S/C13H24N2O/c1-2-12(1)14-9-11-3-6-15(10-11)13-4-7-16-8-5-13/h11-14H,1-10H2. The second-order valence-corrected chi connectivity index (χ2v) is 5.68. The fraction of sp³-hybridized carbons (Fsp3) is 1.00. The molecule has 2 heterocycles. The molecule has 0 amide bonds. The van der Waals surface area contributed by atoms with E-state index in [-0.39, 0.29) is 0 Å². The number of likely N-dealkylation sites (tertiary alicyclic amines) is 1. The number of nitrogens with zero attached hydrogens (tertiary/aromatic N) is 1. The van der Waals surface area contributed by atoms with Gasteiger partial charge in [-0.15, -0.1) is 0 Å². The van der Waals surface area contributed by atoms with Crippen molar-refractivity contribution in [3.05, 3.63) is 0 Å². The number of hydrogen-bond acceptors (Lipinski definition) is 3. The van der Waals surface area contributed by atoms with Gasteiger partial charge >= 0.3 is 0 Å². The third-order valence-corrected chi connectivity index (χ3v) is 4.30. The van der Waals surface area contributed by atoms with Crippen molar-refractivity contribution in [1.29, 1.82) is 0 Å². The van der Waals surface area contributed by atoms with Crippen LogP contribution >= 0.6 is 0 Å². The first-order valence-electron chi connectivity index (χ1n) is 6.97. The molecule has 0 spiro atoms. The lowest BCUT2D eigenvalue weighted by molar-refractivity contribution is 0.0411. The van der Waals surface area contributed by atoms with Gasteiger partial charge in [-0.3, -0.25) is 4.90 Å². The molecule has 92 valence electrons. The van der Waals surface area contributed by atoms with Gasteiger partial charge in [-0.05, 0) is 51.1 Å². The van der Waals surface area contributed by atoms with Crippen molar-refractivity contribution in [1.82, 2.24) is 10.2 Å².